The van der Waals surface area contributed by atoms with Crippen LogP contribution < -0.4 is 15.2 Å². The van der Waals surface area contributed by atoms with Crippen molar-refractivity contribution in [3.05, 3.63) is 76.3 Å². The van der Waals surface area contributed by atoms with Crippen LogP contribution in [0, 0.1) is 0 Å². The number of nitrogens with one attached hydrogen (secondary N) is 1. The first kappa shape index (κ1) is 17.9. The lowest BCUT2D eigenvalue weighted by Gasteiger charge is -2.31. The fraction of sp³-hybridized carbons (Fsp3) is 0.217. The molecule has 1 N–H and O–H groups in total. The topological polar surface area (TPSA) is 58.2 Å². The monoisotopic (exact) mass is 403 g/mol. The third kappa shape index (κ3) is 3.40. The number of rotatable bonds is 4. The molecule has 0 fully saturated rings. The first-order chi connectivity index (χ1) is 14.2. The number of aromatic amines is 1. The lowest BCUT2D eigenvalue weighted by molar-refractivity contribution is 0.414. The number of H-pyrrole nitrogens is 1. The molecule has 0 unspecified atom stereocenters. The van der Waals surface area contributed by atoms with Crippen LogP contribution in [0.5, 0.6) is 5.75 Å². The van der Waals surface area contributed by atoms with E-state index < -0.39 is 0 Å². The van der Waals surface area contributed by atoms with Gasteiger partial charge in [0.2, 0.25) is 0 Å². The van der Waals surface area contributed by atoms with E-state index in [4.69, 9.17) is 9.72 Å². The highest BCUT2D eigenvalue weighted by Gasteiger charge is 2.19. The van der Waals surface area contributed by atoms with Crippen LogP contribution >= 0.6 is 11.3 Å². The second kappa shape index (κ2) is 7.37. The summed E-state index contributed by atoms with van der Waals surface area (Å²) < 4.78 is 5.36. The van der Waals surface area contributed by atoms with Crippen molar-refractivity contribution in [2.75, 3.05) is 18.6 Å². The van der Waals surface area contributed by atoms with Gasteiger partial charge in [-0.05, 0) is 48.2 Å². The number of methoxy groups -OCH3 is 1. The first-order valence-corrected chi connectivity index (χ1v) is 10.5. The molecule has 1 aliphatic heterocycles. The van der Waals surface area contributed by atoms with Crippen LogP contribution in [0.3, 0.4) is 0 Å². The van der Waals surface area contributed by atoms with Gasteiger partial charge in [-0.2, -0.15) is 0 Å². The standard InChI is InChI=1S/C23H21N3O2S/c1-28-17-9-10-19-16(12-17)8-5-11-26(19)14-21-24-22(27)18-13-20(29-23(18)25-21)15-6-3-2-4-7-15/h2-4,6-7,9-10,12-13H,5,8,11,14H2,1H3,(H,24,25,27). The second-order valence-electron chi connectivity index (χ2n) is 7.23. The van der Waals surface area contributed by atoms with E-state index in [1.54, 1.807) is 18.4 Å². The number of nitrogens with zero attached hydrogens (tertiary/aromatic N) is 2. The third-order valence-electron chi connectivity index (χ3n) is 5.35. The maximum Gasteiger partial charge on any atom is 0.259 e. The van der Waals surface area contributed by atoms with E-state index in [0.717, 1.165) is 40.4 Å². The van der Waals surface area contributed by atoms with E-state index >= 15 is 0 Å². The Morgan fingerprint density at radius 1 is 1.17 bits per heavy atom. The van der Waals surface area contributed by atoms with Crippen LogP contribution in [0.25, 0.3) is 20.7 Å². The molecule has 0 spiro atoms. The van der Waals surface area contributed by atoms with Gasteiger partial charge in [0.1, 0.15) is 16.4 Å². The summed E-state index contributed by atoms with van der Waals surface area (Å²) in [5.74, 6) is 1.58. The minimum atomic E-state index is -0.0737. The molecule has 2 aromatic heterocycles. The highest BCUT2D eigenvalue weighted by molar-refractivity contribution is 7.21. The largest absolute Gasteiger partial charge is 0.497 e. The molecule has 146 valence electrons. The fourth-order valence-electron chi connectivity index (χ4n) is 3.92. The predicted molar refractivity (Wildman–Crippen MR) is 118 cm³/mol. The molecule has 0 saturated heterocycles. The number of hydrogen-bond acceptors (Lipinski definition) is 5. The van der Waals surface area contributed by atoms with Crippen molar-refractivity contribution in [3.8, 4) is 16.2 Å². The quantitative estimate of drug-likeness (QED) is 0.540. The summed E-state index contributed by atoms with van der Waals surface area (Å²) >= 11 is 1.57. The molecular weight excluding hydrogens is 382 g/mol. The molecule has 5 nitrogen and oxygen atoms in total. The first-order valence-electron chi connectivity index (χ1n) is 9.71. The molecule has 0 amide bonds. The van der Waals surface area contributed by atoms with Crippen LogP contribution in [0.15, 0.2) is 59.4 Å². The van der Waals surface area contributed by atoms with Crippen molar-refractivity contribution >= 4 is 27.2 Å². The number of ether oxygens (including phenoxy) is 1. The van der Waals surface area contributed by atoms with Crippen LogP contribution in [-0.2, 0) is 13.0 Å². The van der Waals surface area contributed by atoms with Crippen molar-refractivity contribution < 1.29 is 4.74 Å². The van der Waals surface area contributed by atoms with Crippen LogP contribution in [0.2, 0.25) is 0 Å². The summed E-state index contributed by atoms with van der Waals surface area (Å²) in [5, 5.41) is 0.654. The van der Waals surface area contributed by atoms with E-state index in [-0.39, 0.29) is 5.56 Å². The molecule has 3 heterocycles. The van der Waals surface area contributed by atoms with Crippen molar-refractivity contribution in [3.63, 3.8) is 0 Å². The zero-order valence-electron chi connectivity index (χ0n) is 16.1. The Balaban J connectivity index is 1.48. The third-order valence-corrected chi connectivity index (χ3v) is 6.43. The van der Waals surface area contributed by atoms with Crippen LogP contribution in [0.1, 0.15) is 17.8 Å². The van der Waals surface area contributed by atoms with E-state index in [1.165, 1.54) is 11.3 Å². The second-order valence-corrected chi connectivity index (χ2v) is 8.26. The molecule has 29 heavy (non-hydrogen) atoms. The van der Waals surface area contributed by atoms with Crippen molar-refractivity contribution in [2.24, 2.45) is 0 Å². The molecule has 0 aliphatic carbocycles. The molecule has 6 heteroatoms. The van der Waals surface area contributed by atoms with Gasteiger partial charge >= 0.3 is 0 Å². The number of aryl methyl sites for hydroxylation is 1. The Morgan fingerprint density at radius 3 is 2.86 bits per heavy atom. The number of anilines is 1. The highest BCUT2D eigenvalue weighted by atomic mass is 32.1. The van der Waals surface area contributed by atoms with Gasteiger partial charge in [-0.15, -0.1) is 11.3 Å². The summed E-state index contributed by atoms with van der Waals surface area (Å²) in [6, 6.07) is 18.2. The normalized spacial score (nSPS) is 13.5. The minimum Gasteiger partial charge on any atom is -0.497 e. The van der Waals surface area contributed by atoms with Gasteiger partial charge in [0.15, 0.2) is 0 Å². The van der Waals surface area contributed by atoms with E-state index in [1.807, 2.05) is 30.3 Å². The lowest BCUT2D eigenvalue weighted by atomic mass is 10.0. The van der Waals surface area contributed by atoms with Crippen molar-refractivity contribution in [2.45, 2.75) is 19.4 Å². The Morgan fingerprint density at radius 2 is 2.03 bits per heavy atom. The fourth-order valence-corrected chi connectivity index (χ4v) is 4.98. The smallest absolute Gasteiger partial charge is 0.259 e. The van der Waals surface area contributed by atoms with Gasteiger partial charge in [0, 0.05) is 17.1 Å². The summed E-state index contributed by atoms with van der Waals surface area (Å²) in [6.07, 6.45) is 2.11. The molecule has 4 aromatic rings. The number of benzene rings is 2. The molecule has 0 atom stereocenters. The SMILES string of the molecule is COc1ccc2c(c1)CCCN2Cc1nc2sc(-c3ccccc3)cc2c(=O)[nH]1. The molecule has 2 aromatic carbocycles. The molecule has 0 bridgehead atoms. The number of hydrogen-bond donors (Lipinski definition) is 1. The zero-order chi connectivity index (χ0) is 19.8. The Hall–Kier alpha value is -3.12. The molecule has 5 rings (SSSR count). The van der Waals surface area contributed by atoms with Gasteiger partial charge in [0.25, 0.3) is 5.56 Å². The summed E-state index contributed by atoms with van der Waals surface area (Å²) in [7, 11) is 1.69. The van der Waals surface area contributed by atoms with Gasteiger partial charge in [-0.1, -0.05) is 30.3 Å². The van der Waals surface area contributed by atoms with Crippen molar-refractivity contribution in [1.82, 2.24) is 9.97 Å². The molecular formula is C23H21N3O2S. The number of fused-ring (bicyclic) bond motifs is 2. The Kier molecular flexibility index (Phi) is 4.56. The van der Waals surface area contributed by atoms with Crippen LogP contribution in [0.4, 0.5) is 5.69 Å². The van der Waals surface area contributed by atoms with E-state index in [2.05, 4.69) is 34.1 Å². The van der Waals surface area contributed by atoms with Crippen molar-refractivity contribution in [1.29, 1.82) is 0 Å². The highest BCUT2D eigenvalue weighted by Crippen LogP contribution is 2.33. The van der Waals surface area contributed by atoms with Gasteiger partial charge in [-0.3, -0.25) is 4.79 Å². The van der Waals surface area contributed by atoms with Gasteiger partial charge in [0.05, 0.1) is 19.0 Å². The minimum absolute atomic E-state index is 0.0737. The number of thiophene rings is 1. The van der Waals surface area contributed by atoms with Crippen LogP contribution in [-0.4, -0.2) is 23.6 Å². The summed E-state index contributed by atoms with van der Waals surface area (Å²) in [6.45, 7) is 1.53. The van der Waals surface area contributed by atoms with Gasteiger partial charge < -0.3 is 14.6 Å². The molecule has 0 radical (unpaired) electrons. The number of aromatic nitrogens is 2. The predicted octanol–water partition coefficient (Wildman–Crippen LogP) is 4.61. The lowest BCUT2D eigenvalue weighted by Crippen LogP contribution is -2.30. The zero-order valence-corrected chi connectivity index (χ0v) is 17.0. The molecule has 1 aliphatic rings. The van der Waals surface area contributed by atoms with E-state index in [9.17, 15) is 4.79 Å². The average Bonchev–Trinajstić information content (AvgIpc) is 3.19. The summed E-state index contributed by atoms with van der Waals surface area (Å²) in [4.78, 5) is 24.6. The van der Waals surface area contributed by atoms with E-state index in [0.29, 0.717) is 17.8 Å². The maximum absolute atomic E-state index is 12.7. The summed E-state index contributed by atoms with van der Waals surface area (Å²) in [5.41, 5.74) is 3.50. The maximum atomic E-state index is 12.7. The Bertz CT molecular complexity index is 1230. The Labute approximate surface area is 172 Å². The van der Waals surface area contributed by atoms with Gasteiger partial charge in [-0.25, -0.2) is 4.98 Å². The molecule has 0 saturated carbocycles. The average molecular weight is 404 g/mol.